The fourth-order valence-electron chi connectivity index (χ4n) is 1.85. The molecule has 4 nitrogen and oxygen atoms in total. The van der Waals surface area contributed by atoms with E-state index in [4.69, 9.17) is 5.26 Å². The monoisotopic (exact) mass is 258 g/mol. The van der Waals surface area contributed by atoms with E-state index in [1.165, 1.54) is 12.1 Å². The molecule has 0 spiro atoms. The lowest BCUT2D eigenvalue weighted by Gasteiger charge is -2.03. The standard InChI is InChI=1S/C14H15FN4/c1-2-17-7-14-9-19(10-18-14)8-12-3-11(6-16)4-13(15)5-12/h3-5,9-10,17H,2,7-8H2,1H3. The molecule has 0 fully saturated rings. The average molecular weight is 258 g/mol. The van der Waals surface area contributed by atoms with Crippen LogP contribution >= 0.6 is 0 Å². The summed E-state index contributed by atoms with van der Waals surface area (Å²) in [4.78, 5) is 4.26. The lowest BCUT2D eigenvalue weighted by molar-refractivity contribution is 0.623. The Morgan fingerprint density at radius 3 is 3.00 bits per heavy atom. The Labute approximate surface area is 111 Å². The highest BCUT2D eigenvalue weighted by Crippen LogP contribution is 2.10. The van der Waals surface area contributed by atoms with Crippen molar-refractivity contribution in [3.05, 3.63) is 53.4 Å². The van der Waals surface area contributed by atoms with Crippen LogP contribution in [0.4, 0.5) is 4.39 Å². The molecule has 1 heterocycles. The molecule has 0 aliphatic heterocycles. The Morgan fingerprint density at radius 2 is 2.26 bits per heavy atom. The molecule has 0 saturated carbocycles. The SMILES string of the molecule is CCNCc1cn(Cc2cc(F)cc(C#N)c2)cn1. The summed E-state index contributed by atoms with van der Waals surface area (Å²) in [7, 11) is 0. The largest absolute Gasteiger partial charge is 0.333 e. The van der Waals surface area contributed by atoms with Crippen molar-refractivity contribution >= 4 is 0 Å². The van der Waals surface area contributed by atoms with E-state index >= 15 is 0 Å². The molecule has 0 radical (unpaired) electrons. The first-order chi connectivity index (χ1) is 9.21. The Morgan fingerprint density at radius 1 is 1.42 bits per heavy atom. The third-order valence-corrected chi connectivity index (χ3v) is 2.69. The second-order valence-electron chi connectivity index (χ2n) is 4.28. The van der Waals surface area contributed by atoms with Gasteiger partial charge in [0.15, 0.2) is 0 Å². The molecule has 0 atom stereocenters. The summed E-state index contributed by atoms with van der Waals surface area (Å²) >= 11 is 0. The van der Waals surface area contributed by atoms with Crippen LogP contribution in [0.15, 0.2) is 30.7 Å². The molecule has 0 aliphatic carbocycles. The smallest absolute Gasteiger partial charge is 0.124 e. The van der Waals surface area contributed by atoms with Gasteiger partial charge in [0.05, 0.1) is 23.7 Å². The highest BCUT2D eigenvalue weighted by atomic mass is 19.1. The molecule has 0 aliphatic rings. The molecule has 0 unspecified atom stereocenters. The summed E-state index contributed by atoms with van der Waals surface area (Å²) in [5, 5.41) is 12.0. The Balaban J connectivity index is 2.10. The van der Waals surface area contributed by atoms with Crippen LogP contribution in [0.2, 0.25) is 0 Å². The molecule has 0 amide bonds. The third kappa shape index (κ3) is 3.63. The van der Waals surface area contributed by atoms with Crippen molar-refractivity contribution in [3.63, 3.8) is 0 Å². The van der Waals surface area contributed by atoms with Crippen LogP contribution in [0.25, 0.3) is 0 Å². The van der Waals surface area contributed by atoms with Gasteiger partial charge in [-0.05, 0) is 30.3 Å². The summed E-state index contributed by atoms with van der Waals surface area (Å²) in [6, 6.07) is 6.31. The van der Waals surface area contributed by atoms with Crippen molar-refractivity contribution < 1.29 is 4.39 Å². The molecule has 0 saturated heterocycles. The molecular formula is C14H15FN4. The van der Waals surface area contributed by atoms with Crippen LogP contribution in [0.1, 0.15) is 23.7 Å². The Kier molecular flexibility index (Phi) is 4.26. The van der Waals surface area contributed by atoms with Crippen molar-refractivity contribution in [2.24, 2.45) is 0 Å². The van der Waals surface area contributed by atoms with E-state index in [1.54, 1.807) is 12.4 Å². The van der Waals surface area contributed by atoms with E-state index in [-0.39, 0.29) is 5.82 Å². The predicted octanol–water partition coefficient (Wildman–Crippen LogP) is 2.05. The fourth-order valence-corrected chi connectivity index (χ4v) is 1.85. The zero-order valence-electron chi connectivity index (χ0n) is 10.7. The number of hydrogen-bond donors (Lipinski definition) is 1. The zero-order valence-corrected chi connectivity index (χ0v) is 10.7. The van der Waals surface area contributed by atoms with Crippen molar-refractivity contribution in [2.45, 2.75) is 20.0 Å². The molecule has 5 heteroatoms. The van der Waals surface area contributed by atoms with Crippen molar-refractivity contribution in [1.29, 1.82) is 5.26 Å². The van der Waals surface area contributed by atoms with Crippen molar-refractivity contribution in [1.82, 2.24) is 14.9 Å². The fraction of sp³-hybridized carbons (Fsp3) is 0.286. The van der Waals surface area contributed by atoms with E-state index in [0.29, 0.717) is 12.1 Å². The maximum atomic E-state index is 13.3. The van der Waals surface area contributed by atoms with Crippen LogP contribution in [0.5, 0.6) is 0 Å². The number of nitrogens with zero attached hydrogens (tertiary/aromatic N) is 3. The first-order valence-electron chi connectivity index (χ1n) is 6.12. The van der Waals surface area contributed by atoms with Gasteiger partial charge in [-0.25, -0.2) is 9.37 Å². The number of benzene rings is 1. The lowest BCUT2D eigenvalue weighted by atomic mass is 10.1. The average Bonchev–Trinajstić information content (AvgIpc) is 2.83. The van der Waals surface area contributed by atoms with E-state index in [2.05, 4.69) is 10.3 Å². The summed E-state index contributed by atoms with van der Waals surface area (Å²) in [5.41, 5.74) is 2.03. The van der Waals surface area contributed by atoms with Gasteiger partial charge in [0.2, 0.25) is 0 Å². The molecule has 1 aromatic carbocycles. The quantitative estimate of drug-likeness (QED) is 0.893. The van der Waals surface area contributed by atoms with E-state index in [1.807, 2.05) is 23.8 Å². The summed E-state index contributed by atoms with van der Waals surface area (Å²) < 4.78 is 15.2. The molecule has 2 aromatic rings. The number of rotatable bonds is 5. The maximum Gasteiger partial charge on any atom is 0.124 e. The summed E-state index contributed by atoms with van der Waals surface area (Å²) in [6.45, 7) is 4.15. The van der Waals surface area contributed by atoms with E-state index < -0.39 is 0 Å². The van der Waals surface area contributed by atoms with Gasteiger partial charge in [0, 0.05) is 19.3 Å². The topological polar surface area (TPSA) is 53.6 Å². The second-order valence-corrected chi connectivity index (χ2v) is 4.28. The molecule has 1 aromatic heterocycles. The van der Waals surface area contributed by atoms with Gasteiger partial charge >= 0.3 is 0 Å². The van der Waals surface area contributed by atoms with Gasteiger partial charge in [-0.2, -0.15) is 5.26 Å². The normalized spacial score (nSPS) is 10.4. The van der Waals surface area contributed by atoms with Gasteiger partial charge in [-0.1, -0.05) is 6.92 Å². The molecule has 0 bridgehead atoms. The van der Waals surface area contributed by atoms with Gasteiger partial charge in [-0.15, -0.1) is 0 Å². The first kappa shape index (κ1) is 13.2. The number of hydrogen-bond acceptors (Lipinski definition) is 3. The highest BCUT2D eigenvalue weighted by Gasteiger charge is 2.03. The Bertz CT molecular complexity index is 598. The number of nitrogens with one attached hydrogen (secondary N) is 1. The van der Waals surface area contributed by atoms with Crippen LogP contribution in [0, 0.1) is 17.1 Å². The third-order valence-electron chi connectivity index (χ3n) is 2.69. The van der Waals surface area contributed by atoms with Gasteiger partial charge in [0.25, 0.3) is 0 Å². The molecule has 1 N–H and O–H groups in total. The first-order valence-corrected chi connectivity index (χ1v) is 6.12. The van der Waals surface area contributed by atoms with E-state index in [0.717, 1.165) is 24.3 Å². The maximum absolute atomic E-state index is 13.3. The number of nitriles is 1. The van der Waals surface area contributed by atoms with Crippen molar-refractivity contribution in [3.8, 4) is 6.07 Å². The second kappa shape index (κ2) is 6.12. The van der Waals surface area contributed by atoms with Crippen molar-refractivity contribution in [2.75, 3.05) is 6.54 Å². The van der Waals surface area contributed by atoms with Gasteiger partial charge in [-0.3, -0.25) is 0 Å². The minimum Gasteiger partial charge on any atom is -0.333 e. The highest BCUT2D eigenvalue weighted by molar-refractivity contribution is 5.33. The van der Waals surface area contributed by atoms with Crippen LogP contribution < -0.4 is 5.32 Å². The number of imidazole rings is 1. The molecule has 98 valence electrons. The Hall–Kier alpha value is -2.19. The summed E-state index contributed by atoms with van der Waals surface area (Å²) in [5.74, 6) is -0.387. The lowest BCUT2D eigenvalue weighted by Crippen LogP contribution is -2.11. The number of aromatic nitrogens is 2. The molecule has 19 heavy (non-hydrogen) atoms. The van der Waals surface area contributed by atoms with Crippen LogP contribution in [-0.4, -0.2) is 16.1 Å². The van der Waals surface area contributed by atoms with E-state index in [9.17, 15) is 4.39 Å². The molecular weight excluding hydrogens is 243 g/mol. The van der Waals surface area contributed by atoms with Crippen LogP contribution in [-0.2, 0) is 13.1 Å². The van der Waals surface area contributed by atoms with Gasteiger partial charge in [0.1, 0.15) is 5.82 Å². The zero-order chi connectivity index (χ0) is 13.7. The predicted molar refractivity (Wildman–Crippen MR) is 69.8 cm³/mol. The summed E-state index contributed by atoms with van der Waals surface area (Å²) in [6.07, 6.45) is 3.63. The minimum absolute atomic E-state index is 0.336. The van der Waals surface area contributed by atoms with Gasteiger partial charge < -0.3 is 9.88 Å². The molecule has 2 rings (SSSR count). The number of halogens is 1. The minimum atomic E-state index is -0.387. The van der Waals surface area contributed by atoms with Crippen LogP contribution in [0.3, 0.4) is 0 Å².